The molecule has 0 fully saturated rings. The minimum atomic E-state index is -0.302. The second-order valence-corrected chi connectivity index (χ2v) is 9.87. The average Bonchev–Trinajstić information content (AvgIpc) is 3.34. The summed E-state index contributed by atoms with van der Waals surface area (Å²) in [5.74, 6) is -0.494. The molecule has 5 N–H and O–H groups in total. The van der Waals surface area contributed by atoms with Gasteiger partial charge in [0.1, 0.15) is 0 Å². The fourth-order valence-electron chi connectivity index (χ4n) is 4.94. The van der Waals surface area contributed by atoms with E-state index in [1.165, 1.54) is 0 Å². The highest BCUT2D eigenvalue weighted by atomic mass is 16.2. The minimum Gasteiger partial charge on any atom is -0.354 e. The van der Waals surface area contributed by atoms with Crippen molar-refractivity contribution < 1.29 is 14.4 Å². The first-order valence-corrected chi connectivity index (χ1v) is 14.0. The Labute approximate surface area is 245 Å². The summed E-state index contributed by atoms with van der Waals surface area (Å²) in [5.41, 5.74) is 5.82. The molecule has 0 unspecified atom stereocenters. The standard InChI is InChI=1S/C34H33N5O3/c1-3-28(22-12-7-5-8-13-22)38-32(40)24-18-19-29-27(20-24)30(33(41)39-29)31(23-14-9-6-10-15-23)36-25-16-11-17-26(21-25)37-34(42)35-4-2/h5-21,28,36H,3-4H2,1-2H3,(H,38,40)(H,39,41)(H2,35,37,42)/b31-30-/t28-/m1/s1. The number of urea groups is 1. The van der Waals surface area contributed by atoms with Crippen molar-refractivity contribution in [3.8, 4) is 0 Å². The number of anilines is 3. The number of carbonyl (C=O) groups is 3. The number of hydrogen-bond acceptors (Lipinski definition) is 4. The maximum absolute atomic E-state index is 13.4. The van der Waals surface area contributed by atoms with Gasteiger partial charge in [0.2, 0.25) is 0 Å². The van der Waals surface area contributed by atoms with Crippen molar-refractivity contribution in [1.29, 1.82) is 0 Å². The van der Waals surface area contributed by atoms with E-state index < -0.39 is 0 Å². The summed E-state index contributed by atoms with van der Waals surface area (Å²) in [6.07, 6.45) is 0.738. The van der Waals surface area contributed by atoms with Crippen LogP contribution < -0.4 is 26.6 Å². The highest BCUT2D eigenvalue weighted by Crippen LogP contribution is 2.38. The van der Waals surface area contributed by atoms with Gasteiger partial charge in [0.05, 0.1) is 17.3 Å². The van der Waals surface area contributed by atoms with Gasteiger partial charge in [-0.3, -0.25) is 9.59 Å². The first kappa shape index (κ1) is 28.2. The third kappa shape index (κ3) is 6.33. The molecule has 0 bridgehead atoms. The summed E-state index contributed by atoms with van der Waals surface area (Å²) >= 11 is 0. The highest BCUT2D eigenvalue weighted by molar-refractivity contribution is 6.37. The second kappa shape index (κ2) is 12.9. The van der Waals surface area contributed by atoms with Gasteiger partial charge in [0, 0.05) is 34.7 Å². The van der Waals surface area contributed by atoms with Gasteiger partial charge >= 0.3 is 6.03 Å². The van der Waals surface area contributed by atoms with Gasteiger partial charge in [0.25, 0.3) is 11.8 Å². The van der Waals surface area contributed by atoms with Crippen LogP contribution in [0.1, 0.15) is 53.4 Å². The van der Waals surface area contributed by atoms with Gasteiger partial charge in [-0.2, -0.15) is 0 Å². The molecule has 8 heteroatoms. The van der Waals surface area contributed by atoms with Crippen molar-refractivity contribution in [2.45, 2.75) is 26.3 Å². The lowest BCUT2D eigenvalue weighted by molar-refractivity contribution is -0.110. The fourth-order valence-corrected chi connectivity index (χ4v) is 4.94. The number of fused-ring (bicyclic) bond motifs is 1. The molecule has 4 amide bonds. The van der Waals surface area contributed by atoms with Crippen molar-refractivity contribution in [3.63, 3.8) is 0 Å². The third-order valence-electron chi connectivity index (χ3n) is 6.98. The van der Waals surface area contributed by atoms with Crippen LogP contribution in [0, 0.1) is 0 Å². The van der Waals surface area contributed by atoms with Crippen LogP contribution >= 0.6 is 0 Å². The Morgan fingerprint density at radius 2 is 1.45 bits per heavy atom. The average molecular weight is 560 g/mol. The van der Waals surface area contributed by atoms with Gasteiger partial charge in [-0.15, -0.1) is 0 Å². The van der Waals surface area contributed by atoms with Crippen LogP contribution in [0.3, 0.4) is 0 Å². The van der Waals surface area contributed by atoms with Crippen LogP contribution in [0.2, 0.25) is 0 Å². The van der Waals surface area contributed by atoms with Crippen LogP contribution in [-0.2, 0) is 4.79 Å². The van der Waals surface area contributed by atoms with E-state index in [2.05, 4.69) is 26.6 Å². The molecule has 4 aromatic rings. The molecule has 0 aliphatic carbocycles. The largest absolute Gasteiger partial charge is 0.354 e. The molecule has 0 spiro atoms. The molecule has 4 aromatic carbocycles. The molecular formula is C34H33N5O3. The minimum absolute atomic E-state index is 0.136. The molecule has 42 heavy (non-hydrogen) atoms. The SMILES string of the molecule is CCNC(=O)Nc1cccc(N/C(=C2\C(=O)Nc3ccc(C(=O)N[C@H](CC)c4ccccc4)cc32)c2ccccc2)c1. The molecule has 1 atom stereocenters. The van der Waals surface area contributed by atoms with E-state index in [1.807, 2.05) is 86.6 Å². The van der Waals surface area contributed by atoms with Crippen LogP contribution in [0.25, 0.3) is 11.3 Å². The van der Waals surface area contributed by atoms with Gasteiger partial charge < -0.3 is 26.6 Å². The molecule has 1 aliphatic rings. The van der Waals surface area contributed by atoms with Crippen molar-refractivity contribution in [1.82, 2.24) is 10.6 Å². The van der Waals surface area contributed by atoms with Crippen molar-refractivity contribution >= 4 is 46.2 Å². The van der Waals surface area contributed by atoms with Crippen LogP contribution in [0.4, 0.5) is 21.9 Å². The van der Waals surface area contributed by atoms with Crippen molar-refractivity contribution in [2.24, 2.45) is 0 Å². The normalized spacial score (nSPS) is 13.8. The van der Waals surface area contributed by atoms with E-state index in [0.717, 1.165) is 17.5 Å². The number of carbonyl (C=O) groups excluding carboxylic acids is 3. The topological polar surface area (TPSA) is 111 Å². The molecule has 1 heterocycles. The Bertz CT molecular complexity index is 1630. The van der Waals surface area contributed by atoms with E-state index in [4.69, 9.17) is 0 Å². The summed E-state index contributed by atoms with van der Waals surface area (Å²) in [4.78, 5) is 38.9. The number of rotatable bonds is 9. The Hall–Kier alpha value is -5.37. The molecule has 212 valence electrons. The summed E-state index contributed by atoms with van der Waals surface area (Å²) in [7, 11) is 0. The molecular weight excluding hydrogens is 526 g/mol. The number of nitrogens with one attached hydrogen (secondary N) is 5. The highest BCUT2D eigenvalue weighted by Gasteiger charge is 2.30. The molecule has 0 radical (unpaired) electrons. The zero-order valence-corrected chi connectivity index (χ0v) is 23.5. The summed E-state index contributed by atoms with van der Waals surface area (Å²) < 4.78 is 0. The first-order chi connectivity index (χ1) is 20.5. The molecule has 1 aliphatic heterocycles. The Kier molecular flexibility index (Phi) is 8.63. The van der Waals surface area contributed by atoms with E-state index in [-0.39, 0.29) is 23.9 Å². The van der Waals surface area contributed by atoms with E-state index in [9.17, 15) is 14.4 Å². The summed E-state index contributed by atoms with van der Waals surface area (Å²) in [6, 6.07) is 31.5. The van der Waals surface area contributed by atoms with Crippen LogP contribution in [0.5, 0.6) is 0 Å². The number of benzene rings is 4. The van der Waals surface area contributed by atoms with Gasteiger partial charge in [-0.25, -0.2) is 4.79 Å². The smallest absolute Gasteiger partial charge is 0.319 e. The maximum atomic E-state index is 13.4. The Balaban J connectivity index is 1.51. The predicted octanol–water partition coefficient (Wildman–Crippen LogP) is 6.64. The number of hydrogen-bond donors (Lipinski definition) is 5. The molecule has 8 nitrogen and oxygen atoms in total. The fraction of sp³-hybridized carbons (Fsp3) is 0.147. The summed E-state index contributed by atoms with van der Waals surface area (Å²) in [6.45, 7) is 4.39. The van der Waals surface area contributed by atoms with E-state index in [0.29, 0.717) is 46.0 Å². The van der Waals surface area contributed by atoms with Crippen LogP contribution in [0.15, 0.2) is 103 Å². The quantitative estimate of drug-likeness (QED) is 0.148. The zero-order chi connectivity index (χ0) is 29.5. The third-order valence-corrected chi connectivity index (χ3v) is 6.98. The monoisotopic (exact) mass is 559 g/mol. The van der Waals surface area contributed by atoms with E-state index >= 15 is 0 Å². The van der Waals surface area contributed by atoms with Gasteiger partial charge in [0.15, 0.2) is 0 Å². The number of amides is 4. The van der Waals surface area contributed by atoms with Crippen LogP contribution in [-0.4, -0.2) is 24.4 Å². The molecule has 0 aromatic heterocycles. The lowest BCUT2D eigenvalue weighted by atomic mass is 9.97. The van der Waals surface area contributed by atoms with Gasteiger partial charge in [-0.1, -0.05) is 73.7 Å². The lowest BCUT2D eigenvalue weighted by Crippen LogP contribution is -2.28. The molecule has 0 saturated heterocycles. The Morgan fingerprint density at radius 1 is 0.762 bits per heavy atom. The summed E-state index contributed by atoms with van der Waals surface area (Å²) in [5, 5.41) is 15.0. The maximum Gasteiger partial charge on any atom is 0.319 e. The molecule has 0 saturated carbocycles. The Morgan fingerprint density at radius 3 is 2.14 bits per heavy atom. The predicted molar refractivity (Wildman–Crippen MR) is 168 cm³/mol. The molecule has 5 rings (SSSR count). The van der Waals surface area contributed by atoms with E-state index in [1.54, 1.807) is 30.3 Å². The zero-order valence-electron chi connectivity index (χ0n) is 23.5. The van der Waals surface area contributed by atoms with Crippen molar-refractivity contribution in [3.05, 3.63) is 125 Å². The first-order valence-electron chi connectivity index (χ1n) is 14.0. The lowest BCUT2D eigenvalue weighted by Gasteiger charge is -2.18. The van der Waals surface area contributed by atoms with Gasteiger partial charge in [-0.05, 0) is 60.9 Å². The second-order valence-electron chi connectivity index (χ2n) is 9.87. The van der Waals surface area contributed by atoms with Crippen molar-refractivity contribution in [2.75, 3.05) is 22.5 Å².